The van der Waals surface area contributed by atoms with Gasteiger partial charge in [0.2, 0.25) is 10.0 Å². The smallest absolute Gasteiger partial charge is 0.214 e. The fourth-order valence-electron chi connectivity index (χ4n) is 1.84. The highest BCUT2D eigenvalue weighted by Gasteiger charge is 2.27. The average Bonchev–Trinajstić information content (AvgIpc) is 2.41. The molecule has 108 valence electrons. The van der Waals surface area contributed by atoms with Crippen molar-refractivity contribution in [3.05, 3.63) is 35.9 Å². The molecule has 0 fully saturated rings. The van der Waals surface area contributed by atoms with Crippen LogP contribution >= 0.6 is 11.6 Å². The summed E-state index contributed by atoms with van der Waals surface area (Å²) < 4.78 is 26.8. The summed E-state index contributed by atoms with van der Waals surface area (Å²) in [7, 11) is -3.31. The maximum absolute atomic E-state index is 12.0. The van der Waals surface area contributed by atoms with Crippen LogP contribution in [0.5, 0.6) is 0 Å². The van der Waals surface area contributed by atoms with E-state index in [0.717, 1.165) is 18.4 Å². The Morgan fingerprint density at radius 2 is 1.74 bits per heavy atom. The van der Waals surface area contributed by atoms with Gasteiger partial charge < -0.3 is 0 Å². The van der Waals surface area contributed by atoms with Crippen LogP contribution in [0.15, 0.2) is 30.3 Å². The van der Waals surface area contributed by atoms with E-state index < -0.39 is 10.0 Å². The highest BCUT2D eigenvalue weighted by molar-refractivity contribution is 7.88. The molecule has 1 N–H and O–H groups in total. The molecule has 1 aromatic rings. The van der Waals surface area contributed by atoms with E-state index in [1.54, 1.807) is 0 Å². The van der Waals surface area contributed by atoms with Gasteiger partial charge in [0.15, 0.2) is 0 Å². The van der Waals surface area contributed by atoms with Crippen LogP contribution in [0.4, 0.5) is 0 Å². The summed E-state index contributed by atoms with van der Waals surface area (Å²) in [4.78, 5) is 0. The van der Waals surface area contributed by atoms with Crippen molar-refractivity contribution in [1.82, 2.24) is 4.72 Å². The van der Waals surface area contributed by atoms with Gasteiger partial charge >= 0.3 is 0 Å². The number of alkyl halides is 1. The molecule has 0 saturated heterocycles. The van der Waals surface area contributed by atoms with Gasteiger partial charge in [0.05, 0.1) is 5.75 Å². The van der Waals surface area contributed by atoms with Crippen molar-refractivity contribution < 1.29 is 8.42 Å². The molecule has 0 atom stereocenters. The maximum Gasteiger partial charge on any atom is 0.215 e. The predicted molar refractivity (Wildman–Crippen MR) is 80.8 cm³/mol. The Morgan fingerprint density at radius 3 is 2.21 bits per heavy atom. The number of benzene rings is 1. The summed E-state index contributed by atoms with van der Waals surface area (Å²) in [5.74, 6) is 0.480. The molecule has 0 saturated carbocycles. The van der Waals surface area contributed by atoms with Crippen LogP contribution in [0, 0.1) is 5.41 Å². The number of nitrogens with one attached hydrogen (secondary N) is 1. The van der Waals surface area contributed by atoms with Gasteiger partial charge in [-0.2, -0.15) is 0 Å². The lowest BCUT2D eigenvalue weighted by atomic mass is 9.85. The van der Waals surface area contributed by atoms with Crippen molar-refractivity contribution in [2.75, 3.05) is 12.4 Å². The summed E-state index contributed by atoms with van der Waals surface area (Å²) in [6, 6.07) is 9.18. The molecule has 0 aliphatic rings. The van der Waals surface area contributed by atoms with Crippen molar-refractivity contribution in [3.8, 4) is 0 Å². The van der Waals surface area contributed by atoms with E-state index in [4.69, 9.17) is 11.6 Å². The number of rotatable bonds is 8. The summed E-state index contributed by atoms with van der Waals surface area (Å²) in [5, 5.41) is 0. The third-order valence-electron chi connectivity index (χ3n) is 3.65. The van der Waals surface area contributed by atoms with E-state index in [9.17, 15) is 8.42 Å². The largest absolute Gasteiger partial charge is 0.215 e. The Labute approximate surface area is 121 Å². The van der Waals surface area contributed by atoms with E-state index in [1.807, 2.05) is 44.2 Å². The molecule has 19 heavy (non-hydrogen) atoms. The topological polar surface area (TPSA) is 46.2 Å². The lowest BCUT2D eigenvalue weighted by Crippen LogP contribution is -2.38. The van der Waals surface area contributed by atoms with Crippen molar-refractivity contribution in [3.63, 3.8) is 0 Å². The van der Waals surface area contributed by atoms with E-state index >= 15 is 0 Å². The van der Waals surface area contributed by atoms with Gasteiger partial charge in [-0.25, -0.2) is 13.1 Å². The first-order chi connectivity index (χ1) is 8.97. The van der Waals surface area contributed by atoms with Gasteiger partial charge in [-0.1, -0.05) is 44.2 Å². The van der Waals surface area contributed by atoms with Gasteiger partial charge in [-0.3, -0.25) is 0 Å². The second-order valence-corrected chi connectivity index (χ2v) is 6.98. The van der Waals surface area contributed by atoms with Gasteiger partial charge in [0.1, 0.15) is 0 Å². The number of sulfonamides is 1. The van der Waals surface area contributed by atoms with E-state index in [2.05, 4.69) is 4.72 Å². The number of hydrogen-bond acceptors (Lipinski definition) is 2. The summed E-state index contributed by atoms with van der Waals surface area (Å²) in [5.41, 5.74) is 0.644. The van der Waals surface area contributed by atoms with Gasteiger partial charge in [-0.05, 0) is 23.8 Å². The molecule has 1 aromatic carbocycles. The monoisotopic (exact) mass is 303 g/mol. The van der Waals surface area contributed by atoms with Gasteiger partial charge in [0, 0.05) is 12.4 Å². The second kappa shape index (κ2) is 7.27. The maximum atomic E-state index is 12.0. The fourth-order valence-corrected chi connectivity index (χ4v) is 3.58. The van der Waals surface area contributed by atoms with E-state index in [-0.39, 0.29) is 11.2 Å². The van der Waals surface area contributed by atoms with Gasteiger partial charge in [-0.15, -0.1) is 11.6 Å². The molecule has 0 spiro atoms. The Kier molecular flexibility index (Phi) is 6.30. The molecule has 3 nitrogen and oxygen atoms in total. The zero-order valence-corrected chi connectivity index (χ0v) is 13.1. The molecule has 0 heterocycles. The van der Waals surface area contributed by atoms with E-state index in [0.29, 0.717) is 12.4 Å². The lowest BCUT2D eigenvalue weighted by Gasteiger charge is -2.29. The molecule has 0 radical (unpaired) electrons. The minimum atomic E-state index is -3.31. The SMILES string of the molecule is CCC(CC)(CCl)CNS(=O)(=O)Cc1ccccc1. The highest BCUT2D eigenvalue weighted by Crippen LogP contribution is 2.27. The van der Waals surface area contributed by atoms with Crippen LogP contribution in [0.25, 0.3) is 0 Å². The molecule has 0 amide bonds. The quantitative estimate of drug-likeness (QED) is 0.750. The number of halogens is 1. The zero-order chi connectivity index (χ0) is 14.4. The average molecular weight is 304 g/mol. The minimum Gasteiger partial charge on any atom is -0.214 e. The zero-order valence-electron chi connectivity index (χ0n) is 11.5. The minimum absolute atomic E-state index is 0.0135. The van der Waals surface area contributed by atoms with Crippen molar-refractivity contribution >= 4 is 21.6 Å². The summed E-state index contributed by atoms with van der Waals surface area (Å²) >= 11 is 5.98. The van der Waals surface area contributed by atoms with Crippen LogP contribution in [-0.2, 0) is 15.8 Å². The third kappa shape index (κ3) is 5.13. The van der Waals surface area contributed by atoms with Crippen LogP contribution in [0.1, 0.15) is 32.3 Å². The van der Waals surface area contributed by atoms with Crippen molar-refractivity contribution in [1.29, 1.82) is 0 Å². The molecule has 0 aromatic heterocycles. The predicted octanol–water partition coefficient (Wildman–Crippen LogP) is 3.15. The Balaban J connectivity index is 2.65. The molecule has 5 heteroatoms. The molecule has 0 aliphatic heterocycles. The van der Waals surface area contributed by atoms with Gasteiger partial charge in [0.25, 0.3) is 0 Å². The van der Waals surface area contributed by atoms with Crippen molar-refractivity contribution in [2.45, 2.75) is 32.4 Å². The van der Waals surface area contributed by atoms with Crippen molar-refractivity contribution in [2.24, 2.45) is 5.41 Å². The number of hydrogen-bond donors (Lipinski definition) is 1. The molecule has 0 unspecified atom stereocenters. The van der Waals surface area contributed by atoms with E-state index in [1.165, 1.54) is 0 Å². The highest BCUT2D eigenvalue weighted by atomic mass is 35.5. The second-order valence-electron chi connectivity index (χ2n) is 4.91. The Hall–Kier alpha value is -0.580. The third-order valence-corrected chi connectivity index (χ3v) is 5.51. The first-order valence-electron chi connectivity index (χ1n) is 6.54. The molecule has 0 aliphatic carbocycles. The summed E-state index contributed by atoms with van der Waals surface area (Å²) in [6.07, 6.45) is 1.72. The van der Waals surface area contributed by atoms with Crippen LogP contribution < -0.4 is 4.72 Å². The standard InChI is InChI=1S/C14H22ClNO2S/c1-3-14(4-2,11-15)12-16-19(17,18)10-13-8-6-5-7-9-13/h5-9,16H,3-4,10-12H2,1-2H3. The summed E-state index contributed by atoms with van der Waals surface area (Å²) in [6.45, 7) is 4.48. The molecule has 1 rings (SSSR count). The first-order valence-corrected chi connectivity index (χ1v) is 8.73. The van der Waals surface area contributed by atoms with Crippen LogP contribution in [-0.4, -0.2) is 20.8 Å². The molecular formula is C14H22ClNO2S. The Bertz CT molecular complexity index is 461. The first kappa shape index (κ1) is 16.5. The lowest BCUT2D eigenvalue weighted by molar-refractivity contribution is 0.304. The van der Waals surface area contributed by atoms with Crippen LogP contribution in [0.3, 0.4) is 0 Å². The normalized spacial score (nSPS) is 12.6. The van der Waals surface area contributed by atoms with Crippen LogP contribution in [0.2, 0.25) is 0 Å². The molecule has 0 bridgehead atoms. The molecular weight excluding hydrogens is 282 g/mol. The Morgan fingerprint density at radius 1 is 1.16 bits per heavy atom. The fraction of sp³-hybridized carbons (Fsp3) is 0.571.